The van der Waals surface area contributed by atoms with Crippen LogP contribution in [0.1, 0.15) is 21.5 Å². The SMILES string of the molecule is Cc1ccc(NC(=O)c2ccc(OCc3ccccc3Cl)cc2)cc1Cl. The highest BCUT2D eigenvalue weighted by atomic mass is 35.5. The number of aryl methyl sites for hydroxylation is 1. The molecule has 1 amide bonds. The maximum absolute atomic E-state index is 12.3. The van der Waals surface area contributed by atoms with E-state index in [1.165, 1.54) is 0 Å². The molecule has 0 spiro atoms. The largest absolute Gasteiger partial charge is 0.489 e. The molecule has 5 heteroatoms. The molecule has 0 fully saturated rings. The average molecular weight is 386 g/mol. The van der Waals surface area contributed by atoms with Crippen LogP contribution in [0.15, 0.2) is 66.7 Å². The standard InChI is InChI=1S/C21H17Cl2NO2/c1-14-6-9-17(12-20(14)23)24-21(25)15-7-10-18(11-8-15)26-13-16-4-2-3-5-19(16)22/h2-12H,13H2,1H3,(H,24,25). The van der Waals surface area contributed by atoms with Crippen molar-refractivity contribution in [2.75, 3.05) is 5.32 Å². The van der Waals surface area contributed by atoms with Crippen molar-refractivity contribution in [2.45, 2.75) is 13.5 Å². The molecule has 3 aromatic rings. The van der Waals surface area contributed by atoms with Gasteiger partial charge in [0, 0.05) is 26.9 Å². The zero-order valence-electron chi connectivity index (χ0n) is 14.1. The highest BCUT2D eigenvalue weighted by molar-refractivity contribution is 6.31. The van der Waals surface area contributed by atoms with Crippen LogP contribution >= 0.6 is 23.2 Å². The van der Waals surface area contributed by atoms with Gasteiger partial charge >= 0.3 is 0 Å². The molecule has 0 bridgehead atoms. The van der Waals surface area contributed by atoms with Gasteiger partial charge in [-0.25, -0.2) is 0 Å². The first-order valence-corrected chi connectivity index (χ1v) is 8.82. The van der Waals surface area contributed by atoms with E-state index in [4.69, 9.17) is 27.9 Å². The number of nitrogens with one attached hydrogen (secondary N) is 1. The summed E-state index contributed by atoms with van der Waals surface area (Å²) in [5.41, 5.74) is 3.06. The number of rotatable bonds is 5. The minimum absolute atomic E-state index is 0.206. The van der Waals surface area contributed by atoms with E-state index in [9.17, 15) is 4.79 Å². The van der Waals surface area contributed by atoms with Gasteiger partial charge in [-0.2, -0.15) is 0 Å². The lowest BCUT2D eigenvalue weighted by molar-refractivity contribution is 0.102. The Morgan fingerprint density at radius 3 is 2.38 bits per heavy atom. The molecule has 0 atom stereocenters. The van der Waals surface area contributed by atoms with Crippen molar-refractivity contribution < 1.29 is 9.53 Å². The van der Waals surface area contributed by atoms with Crippen molar-refractivity contribution in [1.29, 1.82) is 0 Å². The second-order valence-corrected chi connectivity index (χ2v) is 6.64. The Morgan fingerprint density at radius 2 is 1.69 bits per heavy atom. The monoisotopic (exact) mass is 385 g/mol. The number of benzene rings is 3. The maximum atomic E-state index is 12.3. The van der Waals surface area contributed by atoms with E-state index < -0.39 is 0 Å². The van der Waals surface area contributed by atoms with E-state index in [1.54, 1.807) is 30.3 Å². The van der Waals surface area contributed by atoms with Gasteiger partial charge in [0.2, 0.25) is 0 Å². The zero-order valence-corrected chi connectivity index (χ0v) is 15.6. The first-order chi connectivity index (χ1) is 12.5. The second kappa shape index (κ2) is 8.26. The van der Waals surface area contributed by atoms with Crippen LogP contribution in [0, 0.1) is 6.92 Å². The smallest absolute Gasteiger partial charge is 0.255 e. The molecule has 3 aromatic carbocycles. The summed E-state index contributed by atoms with van der Waals surface area (Å²) in [6.07, 6.45) is 0. The summed E-state index contributed by atoms with van der Waals surface area (Å²) in [7, 11) is 0. The van der Waals surface area contributed by atoms with Gasteiger partial charge in [-0.1, -0.05) is 47.5 Å². The van der Waals surface area contributed by atoms with Gasteiger partial charge in [0.15, 0.2) is 0 Å². The third-order valence-electron chi connectivity index (χ3n) is 3.90. The Bertz CT molecular complexity index is 924. The molecule has 0 aromatic heterocycles. The third-order valence-corrected chi connectivity index (χ3v) is 4.67. The van der Waals surface area contributed by atoms with Crippen molar-refractivity contribution in [3.63, 3.8) is 0 Å². The van der Waals surface area contributed by atoms with Crippen LogP contribution in [-0.4, -0.2) is 5.91 Å². The number of hydrogen-bond acceptors (Lipinski definition) is 2. The van der Waals surface area contributed by atoms with Gasteiger partial charge in [-0.15, -0.1) is 0 Å². The molecule has 0 aliphatic rings. The number of hydrogen-bond donors (Lipinski definition) is 1. The number of ether oxygens (including phenoxy) is 1. The van der Waals surface area contributed by atoms with Crippen molar-refractivity contribution in [3.05, 3.63) is 93.5 Å². The predicted molar refractivity (Wildman–Crippen MR) is 106 cm³/mol. The molecular formula is C21H17Cl2NO2. The Balaban J connectivity index is 1.62. The summed E-state index contributed by atoms with van der Waals surface area (Å²) in [6, 6.07) is 19.9. The Kier molecular flexibility index (Phi) is 5.82. The summed E-state index contributed by atoms with van der Waals surface area (Å²) in [4.78, 5) is 12.3. The van der Waals surface area contributed by atoms with Gasteiger partial charge < -0.3 is 10.1 Å². The molecule has 1 N–H and O–H groups in total. The Labute approximate surface area is 162 Å². The summed E-state index contributed by atoms with van der Waals surface area (Å²) in [5.74, 6) is 0.461. The number of carbonyl (C=O) groups excluding carboxylic acids is 1. The van der Waals surface area contributed by atoms with Gasteiger partial charge in [0.05, 0.1) is 0 Å². The van der Waals surface area contributed by atoms with Gasteiger partial charge in [-0.3, -0.25) is 4.79 Å². The van der Waals surface area contributed by atoms with Crippen LogP contribution in [0.4, 0.5) is 5.69 Å². The molecule has 0 unspecified atom stereocenters. The van der Waals surface area contributed by atoms with Crippen LogP contribution in [0.5, 0.6) is 5.75 Å². The average Bonchev–Trinajstić information content (AvgIpc) is 2.64. The Morgan fingerprint density at radius 1 is 0.962 bits per heavy atom. The minimum atomic E-state index is -0.206. The summed E-state index contributed by atoms with van der Waals surface area (Å²) >= 11 is 12.2. The maximum Gasteiger partial charge on any atom is 0.255 e. The highest BCUT2D eigenvalue weighted by Gasteiger charge is 2.08. The molecule has 26 heavy (non-hydrogen) atoms. The van der Waals surface area contributed by atoms with E-state index in [2.05, 4.69) is 5.32 Å². The van der Waals surface area contributed by atoms with E-state index >= 15 is 0 Å². The first kappa shape index (κ1) is 18.3. The van der Waals surface area contributed by atoms with Crippen LogP contribution in [0.2, 0.25) is 10.0 Å². The van der Waals surface area contributed by atoms with E-state index in [0.717, 1.165) is 11.1 Å². The predicted octanol–water partition coefficient (Wildman–Crippen LogP) is 6.13. The van der Waals surface area contributed by atoms with Gasteiger partial charge in [0.1, 0.15) is 12.4 Å². The molecule has 3 nitrogen and oxygen atoms in total. The lowest BCUT2D eigenvalue weighted by Crippen LogP contribution is -2.11. The Hall–Kier alpha value is -2.49. The van der Waals surface area contributed by atoms with Crippen LogP contribution in [0.25, 0.3) is 0 Å². The molecule has 132 valence electrons. The quantitative estimate of drug-likeness (QED) is 0.573. The summed E-state index contributed by atoms with van der Waals surface area (Å²) in [5, 5.41) is 4.11. The molecule has 3 rings (SSSR count). The highest BCUT2D eigenvalue weighted by Crippen LogP contribution is 2.22. The molecule has 0 aliphatic carbocycles. The molecule has 0 saturated carbocycles. The van der Waals surface area contributed by atoms with Crippen molar-refractivity contribution in [3.8, 4) is 5.75 Å². The van der Waals surface area contributed by atoms with Crippen molar-refractivity contribution >= 4 is 34.8 Å². The normalized spacial score (nSPS) is 10.4. The first-order valence-electron chi connectivity index (χ1n) is 8.07. The van der Waals surface area contributed by atoms with Crippen LogP contribution in [-0.2, 0) is 6.61 Å². The number of halogens is 2. The fourth-order valence-electron chi connectivity index (χ4n) is 2.35. The topological polar surface area (TPSA) is 38.3 Å². The fourth-order valence-corrected chi connectivity index (χ4v) is 2.72. The van der Waals surface area contributed by atoms with Crippen LogP contribution < -0.4 is 10.1 Å². The second-order valence-electron chi connectivity index (χ2n) is 5.82. The minimum Gasteiger partial charge on any atom is -0.489 e. The molecular weight excluding hydrogens is 369 g/mol. The summed E-state index contributed by atoms with van der Waals surface area (Å²) in [6.45, 7) is 2.28. The zero-order chi connectivity index (χ0) is 18.5. The van der Waals surface area contributed by atoms with Crippen molar-refractivity contribution in [1.82, 2.24) is 0 Å². The lowest BCUT2D eigenvalue weighted by atomic mass is 10.2. The van der Waals surface area contributed by atoms with Gasteiger partial charge in [0.25, 0.3) is 5.91 Å². The van der Waals surface area contributed by atoms with E-state index in [0.29, 0.717) is 33.7 Å². The lowest BCUT2D eigenvalue weighted by Gasteiger charge is -2.09. The fraction of sp³-hybridized carbons (Fsp3) is 0.0952. The summed E-state index contributed by atoms with van der Waals surface area (Å²) < 4.78 is 5.72. The number of amides is 1. The molecule has 0 radical (unpaired) electrons. The molecule has 0 aliphatic heterocycles. The number of carbonyl (C=O) groups is 1. The number of anilines is 1. The molecule has 0 heterocycles. The molecule has 0 saturated heterocycles. The van der Waals surface area contributed by atoms with Crippen molar-refractivity contribution in [2.24, 2.45) is 0 Å². The van der Waals surface area contributed by atoms with Gasteiger partial charge in [-0.05, 0) is 55.0 Å². The van der Waals surface area contributed by atoms with Crippen LogP contribution in [0.3, 0.4) is 0 Å². The van der Waals surface area contributed by atoms with E-state index in [-0.39, 0.29) is 5.91 Å². The van der Waals surface area contributed by atoms with E-state index in [1.807, 2.05) is 43.3 Å². The third kappa shape index (κ3) is 4.57.